The van der Waals surface area contributed by atoms with Gasteiger partial charge >= 0.3 is 6.18 Å². The molecule has 182 valence electrons. The first kappa shape index (κ1) is 24.7. The topological polar surface area (TPSA) is 66.0 Å². The van der Waals surface area contributed by atoms with Crippen LogP contribution in [0.3, 0.4) is 0 Å². The zero-order valence-electron chi connectivity index (χ0n) is 19.8. The summed E-state index contributed by atoms with van der Waals surface area (Å²) in [5.74, 6) is 0. The lowest BCUT2D eigenvalue weighted by Crippen LogP contribution is -2.21. The molecule has 1 heterocycles. The Balaban J connectivity index is 1.73. The van der Waals surface area contributed by atoms with Crippen molar-refractivity contribution in [2.45, 2.75) is 20.0 Å². The van der Waals surface area contributed by atoms with Crippen LogP contribution in [-0.4, -0.2) is 16.9 Å². The Morgan fingerprint density at radius 2 is 1.28 bits per heavy atom. The number of aryl methyl sites for hydroxylation is 2. The van der Waals surface area contributed by atoms with Gasteiger partial charge in [0.15, 0.2) is 0 Å². The number of rotatable bonds is 6. The lowest BCUT2D eigenvalue weighted by Gasteiger charge is -2.26. The van der Waals surface area contributed by atoms with Crippen LogP contribution in [0, 0.1) is 19.3 Å². The third kappa shape index (κ3) is 5.46. The Morgan fingerprint density at radius 3 is 1.75 bits per heavy atom. The van der Waals surface area contributed by atoms with Crippen LogP contribution < -0.4 is 10.6 Å². The molecule has 0 amide bonds. The van der Waals surface area contributed by atoms with Crippen molar-refractivity contribution in [3.63, 3.8) is 0 Å². The van der Waals surface area contributed by atoms with Crippen molar-refractivity contribution in [1.82, 2.24) is 4.98 Å². The van der Waals surface area contributed by atoms with Gasteiger partial charge in [-0.3, -0.25) is 10.4 Å². The van der Waals surface area contributed by atoms with Gasteiger partial charge in [-0.05, 0) is 68.0 Å². The molecule has 4 nitrogen and oxygen atoms in total. The summed E-state index contributed by atoms with van der Waals surface area (Å²) in [6.07, 6.45) is -2.68. The second-order valence-corrected chi connectivity index (χ2v) is 8.46. The number of nitrogens with two attached hydrogens (primary N) is 1. The number of halogens is 3. The van der Waals surface area contributed by atoms with E-state index in [0.717, 1.165) is 33.8 Å². The van der Waals surface area contributed by atoms with Gasteiger partial charge in [-0.2, -0.15) is 13.2 Å². The summed E-state index contributed by atoms with van der Waals surface area (Å²) in [6, 6.07) is 27.5. The molecule has 0 spiro atoms. The van der Waals surface area contributed by atoms with Crippen LogP contribution in [0.2, 0.25) is 0 Å². The molecule has 1 aromatic heterocycles. The third-order valence-corrected chi connectivity index (χ3v) is 5.71. The van der Waals surface area contributed by atoms with E-state index in [0.29, 0.717) is 11.6 Å². The van der Waals surface area contributed by atoms with Crippen molar-refractivity contribution in [3.05, 3.63) is 120 Å². The van der Waals surface area contributed by atoms with Gasteiger partial charge in [-0.1, -0.05) is 53.6 Å². The lowest BCUT2D eigenvalue weighted by atomic mass is 10.00. The fourth-order valence-corrected chi connectivity index (χ4v) is 3.78. The number of anilines is 3. The molecule has 0 saturated carbocycles. The summed E-state index contributed by atoms with van der Waals surface area (Å²) in [5, 5.41) is 8.17. The van der Waals surface area contributed by atoms with Gasteiger partial charge in [0, 0.05) is 28.8 Å². The summed E-state index contributed by atoms with van der Waals surface area (Å²) < 4.78 is 38.6. The predicted octanol–water partition coefficient (Wildman–Crippen LogP) is 7.61. The third-order valence-electron chi connectivity index (χ3n) is 5.71. The van der Waals surface area contributed by atoms with Crippen molar-refractivity contribution in [2.75, 3.05) is 4.90 Å². The van der Waals surface area contributed by atoms with Gasteiger partial charge in [0.2, 0.25) is 0 Å². The largest absolute Gasteiger partial charge is 0.430 e. The van der Waals surface area contributed by atoms with Gasteiger partial charge < -0.3 is 10.6 Å². The highest BCUT2D eigenvalue weighted by molar-refractivity contribution is 6.09. The van der Waals surface area contributed by atoms with Gasteiger partial charge in [0.25, 0.3) is 0 Å². The molecule has 0 radical (unpaired) electrons. The summed E-state index contributed by atoms with van der Waals surface area (Å²) >= 11 is 0. The number of nitrogens with one attached hydrogen (secondary N) is 1. The molecule has 0 aliphatic rings. The Morgan fingerprint density at radius 1 is 0.806 bits per heavy atom. The van der Waals surface area contributed by atoms with Gasteiger partial charge in [-0.25, -0.2) is 0 Å². The monoisotopic (exact) mass is 486 g/mol. The molecule has 3 aromatic carbocycles. The first-order chi connectivity index (χ1) is 17.1. The van der Waals surface area contributed by atoms with E-state index in [1.807, 2.05) is 38.1 Å². The minimum absolute atomic E-state index is 0.117. The Hall–Kier alpha value is -4.39. The zero-order valence-corrected chi connectivity index (χ0v) is 19.8. The zero-order chi connectivity index (χ0) is 25.9. The summed E-state index contributed by atoms with van der Waals surface area (Å²) in [5.41, 5.74) is 9.96. The first-order valence-electron chi connectivity index (χ1n) is 11.3. The lowest BCUT2D eigenvalue weighted by molar-refractivity contribution is -0.0925. The van der Waals surface area contributed by atoms with Crippen molar-refractivity contribution in [3.8, 4) is 11.1 Å². The van der Waals surface area contributed by atoms with Crippen LogP contribution in [-0.2, 0) is 0 Å². The molecule has 0 atom stereocenters. The smallest absolute Gasteiger partial charge is 0.395 e. The van der Waals surface area contributed by atoms with E-state index in [4.69, 9.17) is 11.1 Å². The molecule has 36 heavy (non-hydrogen) atoms. The number of hydrogen-bond acceptors (Lipinski definition) is 4. The van der Waals surface area contributed by atoms with E-state index in [-0.39, 0.29) is 5.69 Å². The van der Waals surface area contributed by atoms with E-state index >= 15 is 0 Å². The number of hydrogen-bond donors (Lipinski definition) is 2. The van der Waals surface area contributed by atoms with Gasteiger partial charge in [0.1, 0.15) is 5.70 Å². The van der Waals surface area contributed by atoms with Crippen LogP contribution in [0.1, 0.15) is 16.8 Å². The minimum Gasteiger partial charge on any atom is -0.395 e. The molecule has 0 aliphatic carbocycles. The number of allylic oxidation sites excluding steroid dienone is 2. The molecule has 0 saturated heterocycles. The van der Waals surface area contributed by atoms with Crippen LogP contribution in [0.5, 0.6) is 0 Å². The Labute approximate surface area is 208 Å². The van der Waals surface area contributed by atoms with Crippen LogP contribution in [0.15, 0.2) is 103 Å². The van der Waals surface area contributed by atoms with Crippen molar-refractivity contribution in [2.24, 2.45) is 5.73 Å². The number of aromatic nitrogens is 1. The Kier molecular flexibility index (Phi) is 6.92. The van der Waals surface area contributed by atoms with Crippen LogP contribution >= 0.6 is 0 Å². The van der Waals surface area contributed by atoms with Crippen molar-refractivity contribution in [1.29, 1.82) is 5.41 Å². The van der Waals surface area contributed by atoms with E-state index in [1.54, 1.807) is 12.1 Å². The maximum atomic E-state index is 12.9. The van der Waals surface area contributed by atoms with Crippen molar-refractivity contribution < 1.29 is 13.2 Å². The second-order valence-electron chi connectivity index (χ2n) is 8.46. The van der Waals surface area contributed by atoms with Gasteiger partial charge in [-0.15, -0.1) is 0 Å². The average Bonchev–Trinajstić information content (AvgIpc) is 2.86. The summed E-state index contributed by atoms with van der Waals surface area (Å²) in [7, 11) is 0. The van der Waals surface area contributed by atoms with E-state index < -0.39 is 17.6 Å². The molecule has 4 rings (SSSR count). The molecule has 3 N–H and O–H groups in total. The highest BCUT2D eigenvalue weighted by Crippen LogP contribution is 2.36. The summed E-state index contributed by atoms with van der Waals surface area (Å²) in [4.78, 5) is 6.28. The molecular formula is C29H25F3N4. The maximum Gasteiger partial charge on any atom is 0.430 e. The van der Waals surface area contributed by atoms with Crippen LogP contribution in [0.4, 0.5) is 30.2 Å². The number of pyridine rings is 1. The minimum atomic E-state index is -4.71. The molecule has 0 bridgehead atoms. The standard InChI is InChI=1S/C29H25F3N4/c1-19-5-11-22(12-6-19)36(23-13-7-20(2)8-14-23)24-15-9-21(10-16-24)25-4-3-17-35-28(25)26(33)18-27(34)29(30,31)32/h3-18,33H,34H2,1-2H3. The quantitative estimate of drug-likeness (QED) is 0.276. The molecule has 4 aromatic rings. The second kappa shape index (κ2) is 10.1. The number of benzene rings is 3. The fourth-order valence-electron chi connectivity index (χ4n) is 3.78. The van der Waals surface area contributed by atoms with E-state index in [9.17, 15) is 13.2 Å². The van der Waals surface area contributed by atoms with Crippen molar-refractivity contribution >= 4 is 22.8 Å². The Bertz CT molecular complexity index is 1340. The predicted molar refractivity (Wildman–Crippen MR) is 139 cm³/mol. The molecule has 7 heteroatoms. The molecular weight excluding hydrogens is 461 g/mol. The molecule has 0 aliphatic heterocycles. The van der Waals surface area contributed by atoms with E-state index in [2.05, 4.69) is 58.4 Å². The van der Waals surface area contributed by atoms with Gasteiger partial charge in [0.05, 0.1) is 11.4 Å². The highest BCUT2D eigenvalue weighted by Gasteiger charge is 2.32. The number of nitrogens with zero attached hydrogens (tertiary/aromatic N) is 2. The normalized spacial score (nSPS) is 11.9. The van der Waals surface area contributed by atoms with Crippen LogP contribution in [0.25, 0.3) is 11.1 Å². The molecule has 0 fully saturated rings. The fraction of sp³-hybridized carbons (Fsp3) is 0.103. The maximum absolute atomic E-state index is 12.9. The SMILES string of the molecule is Cc1ccc(N(c2ccc(C)cc2)c2ccc(-c3cccnc3C(=N)C=C(N)C(F)(F)F)cc2)cc1. The summed E-state index contributed by atoms with van der Waals surface area (Å²) in [6.45, 7) is 4.07. The highest BCUT2D eigenvalue weighted by atomic mass is 19.4. The number of alkyl halides is 3. The van der Waals surface area contributed by atoms with E-state index in [1.165, 1.54) is 6.20 Å². The molecule has 0 unspecified atom stereocenters. The average molecular weight is 487 g/mol. The first-order valence-corrected chi connectivity index (χ1v) is 11.3.